The Morgan fingerprint density at radius 2 is 2.03 bits per heavy atom. The molecule has 0 spiro atoms. The molecule has 0 unspecified atom stereocenters. The number of aromatic nitrogens is 2. The van der Waals surface area contributed by atoms with E-state index in [4.69, 9.17) is 14.2 Å². The van der Waals surface area contributed by atoms with Crippen LogP contribution >= 0.6 is 0 Å². The lowest BCUT2D eigenvalue weighted by Crippen LogP contribution is -2.45. The summed E-state index contributed by atoms with van der Waals surface area (Å²) in [6.07, 6.45) is 2.51. The zero-order chi connectivity index (χ0) is 22.4. The van der Waals surface area contributed by atoms with Crippen LogP contribution in [0.5, 0.6) is 6.01 Å². The number of fused-ring (bicyclic) bond motifs is 1. The fourth-order valence-electron chi connectivity index (χ4n) is 3.15. The van der Waals surface area contributed by atoms with Crippen molar-refractivity contribution in [2.45, 2.75) is 45.3 Å². The molecular weight excluding hydrogens is 400 g/mol. The number of hydrogen-bond donors (Lipinski definition) is 1. The Hall–Kier alpha value is -2.94. The quantitative estimate of drug-likeness (QED) is 0.637. The number of carbonyl (C=O) groups is 2. The number of benzene rings is 1. The molecule has 1 atom stereocenters. The summed E-state index contributed by atoms with van der Waals surface area (Å²) in [4.78, 5) is 35.3. The Morgan fingerprint density at radius 3 is 2.68 bits per heavy atom. The molecule has 1 aliphatic heterocycles. The molecule has 2 aromatic rings. The molecule has 9 nitrogen and oxygen atoms in total. The van der Waals surface area contributed by atoms with Crippen molar-refractivity contribution >= 4 is 23.0 Å². The van der Waals surface area contributed by atoms with Crippen LogP contribution in [0.25, 0.3) is 10.9 Å². The Labute approximate surface area is 182 Å². The lowest BCUT2D eigenvalue weighted by Gasteiger charge is -2.30. The van der Waals surface area contributed by atoms with Gasteiger partial charge < -0.3 is 19.5 Å². The lowest BCUT2D eigenvalue weighted by atomic mass is 10.0. The SMILES string of the molecule is COC(=O)[C@H](Cc1ccc2nc(OCCN3CCC3)ncc2c1)NC(=O)OC(C)(C)C. The Bertz CT molecular complexity index is 924. The summed E-state index contributed by atoms with van der Waals surface area (Å²) in [5, 5.41) is 3.39. The first-order valence-electron chi connectivity index (χ1n) is 10.4. The summed E-state index contributed by atoms with van der Waals surface area (Å²) in [7, 11) is 1.28. The number of esters is 1. The standard InChI is InChI=1S/C22H30N4O5/c1-22(2,3)31-21(28)25-18(19(27)29-4)13-15-6-7-17-16(12-15)14-23-20(24-17)30-11-10-26-8-5-9-26/h6-7,12,14,18H,5,8-11,13H2,1-4H3,(H,25,28)/t18-/m0/s1. The average molecular weight is 431 g/mol. The van der Waals surface area contributed by atoms with Gasteiger partial charge in [-0.25, -0.2) is 14.6 Å². The van der Waals surface area contributed by atoms with Crippen molar-refractivity contribution in [3.8, 4) is 6.01 Å². The molecule has 9 heteroatoms. The van der Waals surface area contributed by atoms with Gasteiger partial charge >= 0.3 is 18.1 Å². The van der Waals surface area contributed by atoms with Gasteiger partial charge in [0, 0.05) is 24.5 Å². The molecule has 2 heterocycles. The third-order valence-electron chi connectivity index (χ3n) is 4.83. The fourth-order valence-corrected chi connectivity index (χ4v) is 3.15. The molecule has 1 amide bonds. The van der Waals surface area contributed by atoms with Gasteiger partial charge in [-0.2, -0.15) is 4.98 Å². The smallest absolute Gasteiger partial charge is 0.408 e. The highest BCUT2D eigenvalue weighted by atomic mass is 16.6. The van der Waals surface area contributed by atoms with Gasteiger partial charge in [0.25, 0.3) is 0 Å². The first-order chi connectivity index (χ1) is 14.7. The number of nitrogens with one attached hydrogen (secondary N) is 1. The largest absolute Gasteiger partial charge is 0.467 e. The molecule has 1 fully saturated rings. The molecule has 1 aromatic carbocycles. The molecule has 0 saturated carbocycles. The van der Waals surface area contributed by atoms with Crippen molar-refractivity contribution < 1.29 is 23.8 Å². The monoisotopic (exact) mass is 430 g/mol. The molecule has 0 radical (unpaired) electrons. The van der Waals surface area contributed by atoms with E-state index in [1.54, 1.807) is 27.0 Å². The van der Waals surface area contributed by atoms with Gasteiger partial charge in [-0.1, -0.05) is 6.07 Å². The molecule has 0 aliphatic carbocycles. The van der Waals surface area contributed by atoms with E-state index in [0.29, 0.717) is 12.6 Å². The first kappa shape index (κ1) is 22.7. The molecule has 1 aromatic heterocycles. The number of amides is 1. The van der Waals surface area contributed by atoms with Crippen LogP contribution in [0.3, 0.4) is 0 Å². The number of likely N-dealkylation sites (tertiary alicyclic amines) is 1. The fraction of sp³-hybridized carbons (Fsp3) is 0.545. The Morgan fingerprint density at radius 1 is 1.26 bits per heavy atom. The van der Waals surface area contributed by atoms with Crippen molar-refractivity contribution in [3.63, 3.8) is 0 Å². The predicted octanol–water partition coefficient (Wildman–Crippen LogP) is 2.32. The normalized spacial score (nSPS) is 15.1. The summed E-state index contributed by atoms with van der Waals surface area (Å²) in [6.45, 7) is 8.95. The van der Waals surface area contributed by atoms with Crippen molar-refractivity contribution in [2.75, 3.05) is 33.4 Å². The van der Waals surface area contributed by atoms with Crippen LogP contribution in [-0.4, -0.2) is 71.9 Å². The van der Waals surface area contributed by atoms with Crippen LogP contribution in [-0.2, 0) is 20.7 Å². The van der Waals surface area contributed by atoms with E-state index in [9.17, 15) is 9.59 Å². The maximum atomic E-state index is 12.2. The number of methoxy groups -OCH3 is 1. The number of hydrogen-bond acceptors (Lipinski definition) is 8. The maximum absolute atomic E-state index is 12.2. The van der Waals surface area contributed by atoms with Gasteiger partial charge in [0.1, 0.15) is 18.2 Å². The molecular formula is C22H30N4O5. The van der Waals surface area contributed by atoms with Crippen LogP contribution in [0, 0.1) is 0 Å². The Balaban J connectivity index is 1.64. The van der Waals surface area contributed by atoms with Crippen LogP contribution < -0.4 is 10.1 Å². The van der Waals surface area contributed by atoms with Crippen LogP contribution in [0.2, 0.25) is 0 Å². The van der Waals surface area contributed by atoms with Gasteiger partial charge in [0.2, 0.25) is 0 Å². The summed E-state index contributed by atoms with van der Waals surface area (Å²) in [5.41, 5.74) is 0.904. The number of rotatable bonds is 8. The van der Waals surface area contributed by atoms with Gasteiger partial charge in [-0.05, 0) is 58.0 Å². The number of alkyl carbamates (subject to hydrolysis) is 1. The van der Waals surface area contributed by atoms with E-state index in [-0.39, 0.29) is 6.42 Å². The molecule has 31 heavy (non-hydrogen) atoms. The number of ether oxygens (including phenoxy) is 3. The minimum Gasteiger partial charge on any atom is -0.467 e. The highest BCUT2D eigenvalue weighted by Gasteiger charge is 2.25. The lowest BCUT2D eigenvalue weighted by molar-refractivity contribution is -0.143. The molecule has 1 aliphatic rings. The predicted molar refractivity (Wildman–Crippen MR) is 115 cm³/mol. The van der Waals surface area contributed by atoms with Gasteiger partial charge in [-0.15, -0.1) is 0 Å². The zero-order valence-electron chi connectivity index (χ0n) is 18.5. The van der Waals surface area contributed by atoms with Crippen LogP contribution in [0.1, 0.15) is 32.8 Å². The summed E-state index contributed by atoms with van der Waals surface area (Å²) in [5.74, 6) is -0.548. The molecule has 0 bridgehead atoms. The Kier molecular flexibility index (Phi) is 7.27. The second-order valence-corrected chi connectivity index (χ2v) is 8.52. The van der Waals surface area contributed by atoms with E-state index in [1.807, 2.05) is 18.2 Å². The van der Waals surface area contributed by atoms with Crippen molar-refractivity contribution in [1.82, 2.24) is 20.2 Å². The van der Waals surface area contributed by atoms with Crippen LogP contribution in [0.15, 0.2) is 24.4 Å². The second-order valence-electron chi connectivity index (χ2n) is 8.52. The van der Waals surface area contributed by atoms with Crippen LogP contribution in [0.4, 0.5) is 4.79 Å². The van der Waals surface area contributed by atoms with Gasteiger partial charge in [-0.3, -0.25) is 4.90 Å². The third kappa shape index (κ3) is 6.78. The number of carbonyl (C=O) groups excluding carboxylic acids is 2. The molecule has 3 rings (SSSR count). The zero-order valence-corrected chi connectivity index (χ0v) is 18.5. The van der Waals surface area contributed by atoms with E-state index in [0.717, 1.165) is 36.1 Å². The van der Waals surface area contributed by atoms with E-state index >= 15 is 0 Å². The van der Waals surface area contributed by atoms with E-state index in [2.05, 4.69) is 20.2 Å². The number of nitrogens with zero attached hydrogens (tertiary/aromatic N) is 3. The van der Waals surface area contributed by atoms with E-state index < -0.39 is 23.7 Å². The highest BCUT2D eigenvalue weighted by molar-refractivity contribution is 5.82. The third-order valence-corrected chi connectivity index (χ3v) is 4.83. The second kappa shape index (κ2) is 9.91. The molecule has 1 N–H and O–H groups in total. The first-order valence-corrected chi connectivity index (χ1v) is 10.4. The summed E-state index contributed by atoms with van der Waals surface area (Å²) >= 11 is 0. The van der Waals surface area contributed by atoms with Crippen molar-refractivity contribution in [2.24, 2.45) is 0 Å². The van der Waals surface area contributed by atoms with Gasteiger partial charge in [0.15, 0.2) is 0 Å². The molecule has 168 valence electrons. The minimum absolute atomic E-state index is 0.246. The van der Waals surface area contributed by atoms with Gasteiger partial charge in [0.05, 0.1) is 12.6 Å². The average Bonchev–Trinajstić information content (AvgIpc) is 2.67. The maximum Gasteiger partial charge on any atom is 0.408 e. The summed E-state index contributed by atoms with van der Waals surface area (Å²) < 4.78 is 15.7. The molecule has 1 saturated heterocycles. The van der Waals surface area contributed by atoms with E-state index in [1.165, 1.54) is 13.5 Å². The highest BCUT2D eigenvalue weighted by Crippen LogP contribution is 2.18. The topological polar surface area (TPSA) is 103 Å². The minimum atomic E-state index is -0.873. The van der Waals surface area contributed by atoms with Crippen molar-refractivity contribution in [1.29, 1.82) is 0 Å². The van der Waals surface area contributed by atoms with Crippen molar-refractivity contribution in [3.05, 3.63) is 30.0 Å². The summed E-state index contributed by atoms with van der Waals surface area (Å²) in [6, 6.07) is 5.05.